The summed E-state index contributed by atoms with van der Waals surface area (Å²) in [6, 6.07) is 4.73. The molecule has 2 aliphatic rings. The molecule has 0 saturated heterocycles. The van der Waals surface area contributed by atoms with E-state index in [1.807, 2.05) is 0 Å². The number of rotatable bonds is 5. The van der Waals surface area contributed by atoms with Crippen LogP contribution in [0.1, 0.15) is 52.9 Å². The Labute approximate surface area is 167 Å². The van der Waals surface area contributed by atoms with Crippen molar-refractivity contribution >= 4 is 15.7 Å². The van der Waals surface area contributed by atoms with E-state index in [1.54, 1.807) is 6.07 Å². The van der Waals surface area contributed by atoms with Gasteiger partial charge in [0.05, 0.1) is 10.6 Å². The standard InChI is InChI=1S/C21H31NO5S/c1-21(2,3)16-6-4-5-7-17(16)22-20(23)10-13-28(24,25)15-8-9-18-19(14-15)27-12-11-26-18/h8-9,14,16-17H,4-7,10-13H2,1-3H3,(H,22,23). The molecule has 3 rings (SSSR count). The van der Waals surface area contributed by atoms with Gasteiger partial charge >= 0.3 is 0 Å². The summed E-state index contributed by atoms with van der Waals surface area (Å²) >= 11 is 0. The van der Waals surface area contributed by atoms with Crippen LogP contribution in [0.2, 0.25) is 0 Å². The van der Waals surface area contributed by atoms with Crippen LogP contribution in [0.4, 0.5) is 0 Å². The zero-order valence-electron chi connectivity index (χ0n) is 17.0. The fraction of sp³-hybridized carbons (Fsp3) is 0.667. The molecule has 1 aliphatic heterocycles. The Morgan fingerprint density at radius 3 is 2.50 bits per heavy atom. The molecule has 1 aromatic carbocycles. The Bertz CT molecular complexity index is 813. The van der Waals surface area contributed by atoms with Crippen LogP contribution in [0.25, 0.3) is 0 Å². The van der Waals surface area contributed by atoms with Gasteiger partial charge in [0.25, 0.3) is 0 Å². The van der Waals surface area contributed by atoms with E-state index in [1.165, 1.54) is 18.6 Å². The van der Waals surface area contributed by atoms with Crippen molar-refractivity contribution in [2.24, 2.45) is 11.3 Å². The van der Waals surface area contributed by atoms with Crippen LogP contribution in [0.5, 0.6) is 11.5 Å². The molecule has 0 spiro atoms. The molecule has 7 heteroatoms. The molecule has 1 saturated carbocycles. The predicted molar refractivity (Wildman–Crippen MR) is 107 cm³/mol. The van der Waals surface area contributed by atoms with Gasteiger partial charge in [0.1, 0.15) is 13.2 Å². The topological polar surface area (TPSA) is 81.7 Å². The normalized spacial score (nSPS) is 22.5. The van der Waals surface area contributed by atoms with Gasteiger partial charge in [-0.25, -0.2) is 8.42 Å². The first-order valence-electron chi connectivity index (χ1n) is 10.1. The van der Waals surface area contributed by atoms with Gasteiger partial charge in [0.15, 0.2) is 21.3 Å². The second-order valence-corrected chi connectivity index (χ2v) is 10.9. The minimum Gasteiger partial charge on any atom is -0.486 e. The van der Waals surface area contributed by atoms with Gasteiger partial charge < -0.3 is 14.8 Å². The molecule has 0 radical (unpaired) electrons. The van der Waals surface area contributed by atoms with Crippen LogP contribution in [0.3, 0.4) is 0 Å². The highest BCUT2D eigenvalue weighted by Crippen LogP contribution is 2.38. The summed E-state index contributed by atoms with van der Waals surface area (Å²) in [7, 11) is -3.57. The number of hydrogen-bond donors (Lipinski definition) is 1. The number of ether oxygens (including phenoxy) is 2. The van der Waals surface area contributed by atoms with Gasteiger partial charge in [0.2, 0.25) is 5.91 Å². The molecule has 1 N–H and O–H groups in total. The third-order valence-corrected chi connectivity index (χ3v) is 7.41. The lowest BCUT2D eigenvalue weighted by Gasteiger charge is -2.40. The van der Waals surface area contributed by atoms with Crippen LogP contribution < -0.4 is 14.8 Å². The number of hydrogen-bond acceptors (Lipinski definition) is 5. The summed E-state index contributed by atoms with van der Waals surface area (Å²) in [6.07, 6.45) is 4.32. The second kappa shape index (κ2) is 8.31. The Balaban J connectivity index is 1.60. The number of benzene rings is 1. The van der Waals surface area contributed by atoms with Gasteiger partial charge in [0, 0.05) is 18.5 Å². The van der Waals surface area contributed by atoms with Gasteiger partial charge in [-0.15, -0.1) is 0 Å². The van der Waals surface area contributed by atoms with E-state index in [9.17, 15) is 13.2 Å². The average Bonchev–Trinajstić information content (AvgIpc) is 2.66. The quantitative estimate of drug-likeness (QED) is 0.807. The summed E-state index contributed by atoms with van der Waals surface area (Å²) < 4.78 is 36.2. The second-order valence-electron chi connectivity index (χ2n) is 8.81. The van der Waals surface area contributed by atoms with Gasteiger partial charge in [-0.05, 0) is 36.3 Å². The van der Waals surface area contributed by atoms with Crippen molar-refractivity contribution in [3.63, 3.8) is 0 Å². The van der Waals surface area contributed by atoms with Crippen molar-refractivity contribution in [1.29, 1.82) is 0 Å². The van der Waals surface area contributed by atoms with Crippen LogP contribution in [0.15, 0.2) is 23.1 Å². The maximum atomic E-state index is 12.7. The first-order valence-corrected chi connectivity index (χ1v) is 11.7. The minimum atomic E-state index is -3.57. The number of nitrogens with one attached hydrogen (secondary N) is 1. The van der Waals surface area contributed by atoms with E-state index < -0.39 is 9.84 Å². The fourth-order valence-electron chi connectivity index (χ4n) is 4.18. The summed E-state index contributed by atoms with van der Waals surface area (Å²) in [5, 5.41) is 3.10. The van der Waals surface area contributed by atoms with Crippen molar-refractivity contribution in [3.8, 4) is 11.5 Å². The largest absolute Gasteiger partial charge is 0.486 e. The summed E-state index contributed by atoms with van der Waals surface area (Å²) in [5.41, 5.74) is 0.121. The van der Waals surface area contributed by atoms with Crippen LogP contribution in [0, 0.1) is 11.3 Å². The monoisotopic (exact) mass is 409 g/mol. The van der Waals surface area contributed by atoms with Crippen LogP contribution >= 0.6 is 0 Å². The highest BCUT2D eigenvalue weighted by atomic mass is 32.2. The van der Waals surface area contributed by atoms with E-state index in [0.717, 1.165) is 19.3 Å². The molecule has 1 aliphatic carbocycles. The van der Waals surface area contributed by atoms with Gasteiger partial charge in [-0.2, -0.15) is 0 Å². The molecule has 0 bridgehead atoms. The highest BCUT2D eigenvalue weighted by molar-refractivity contribution is 7.91. The minimum absolute atomic E-state index is 0.0376. The highest BCUT2D eigenvalue weighted by Gasteiger charge is 2.35. The number of carbonyl (C=O) groups excluding carboxylic acids is 1. The SMILES string of the molecule is CC(C)(C)C1CCCCC1NC(=O)CCS(=O)(=O)c1ccc2c(c1)OCCO2. The number of amides is 1. The number of sulfone groups is 1. The molecule has 2 unspecified atom stereocenters. The molecule has 6 nitrogen and oxygen atoms in total. The third-order valence-electron chi connectivity index (χ3n) is 5.70. The molecule has 1 amide bonds. The molecular weight excluding hydrogens is 378 g/mol. The van der Waals surface area contributed by atoms with Crippen LogP contribution in [-0.2, 0) is 14.6 Å². The zero-order valence-corrected chi connectivity index (χ0v) is 17.8. The Morgan fingerprint density at radius 2 is 1.79 bits per heavy atom. The number of carbonyl (C=O) groups is 1. The maximum absolute atomic E-state index is 12.7. The lowest BCUT2D eigenvalue weighted by atomic mass is 9.69. The lowest BCUT2D eigenvalue weighted by molar-refractivity contribution is -0.122. The molecule has 2 atom stereocenters. The van der Waals surface area contributed by atoms with Crippen molar-refractivity contribution in [3.05, 3.63) is 18.2 Å². The molecule has 0 aromatic heterocycles. The van der Waals surface area contributed by atoms with Gasteiger partial charge in [-0.1, -0.05) is 33.6 Å². The molecule has 28 heavy (non-hydrogen) atoms. The smallest absolute Gasteiger partial charge is 0.221 e. The van der Waals surface area contributed by atoms with Crippen molar-refractivity contribution < 1.29 is 22.7 Å². The van der Waals surface area contributed by atoms with Crippen LogP contribution in [-0.4, -0.2) is 39.3 Å². The van der Waals surface area contributed by atoms with E-state index in [4.69, 9.17) is 9.47 Å². The molecule has 1 aromatic rings. The maximum Gasteiger partial charge on any atom is 0.221 e. The third kappa shape index (κ3) is 4.99. The Morgan fingerprint density at radius 1 is 1.11 bits per heavy atom. The summed E-state index contributed by atoms with van der Waals surface area (Å²) in [4.78, 5) is 12.6. The Hall–Kier alpha value is -1.76. The molecular formula is C21H31NO5S. The van der Waals surface area contributed by atoms with Crippen molar-refractivity contribution in [2.75, 3.05) is 19.0 Å². The first kappa shape index (κ1) is 21.0. The zero-order chi connectivity index (χ0) is 20.4. The van der Waals surface area contributed by atoms with E-state index in [0.29, 0.717) is 30.6 Å². The summed E-state index contributed by atoms with van der Waals surface area (Å²) in [5.74, 6) is 0.994. The lowest BCUT2D eigenvalue weighted by Crippen LogP contribution is -2.47. The van der Waals surface area contributed by atoms with E-state index in [2.05, 4.69) is 26.1 Å². The molecule has 156 valence electrons. The van der Waals surface area contributed by atoms with E-state index in [-0.39, 0.29) is 34.4 Å². The van der Waals surface area contributed by atoms with Gasteiger partial charge in [-0.3, -0.25) is 4.79 Å². The van der Waals surface area contributed by atoms with Crippen molar-refractivity contribution in [1.82, 2.24) is 5.32 Å². The summed E-state index contributed by atoms with van der Waals surface area (Å²) in [6.45, 7) is 7.46. The predicted octanol–water partition coefficient (Wildman–Crippen LogP) is 3.34. The van der Waals surface area contributed by atoms with Crippen molar-refractivity contribution in [2.45, 2.75) is 63.8 Å². The molecule has 1 heterocycles. The number of fused-ring (bicyclic) bond motifs is 1. The Kier molecular flexibility index (Phi) is 6.22. The first-order chi connectivity index (χ1) is 13.2. The fourth-order valence-corrected chi connectivity index (χ4v) is 5.43. The average molecular weight is 410 g/mol. The van der Waals surface area contributed by atoms with E-state index >= 15 is 0 Å². The molecule has 1 fully saturated rings.